The molecule has 0 atom stereocenters. The fraction of sp³-hybridized carbons (Fsp3) is 0.0769. The Labute approximate surface area is 171 Å². The van der Waals surface area contributed by atoms with E-state index in [2.05, 4.69) is 85.8 Å². The van der Waals surface area contributed by atoms with E-state index in [4.69, 9.17) is 0 Å². The van der Waals surface area contributed by atoms with Gasteiger partial charge in [0.2, 0.25) is 0 Å². The van der Waals surface area contributed by atoms with Gasteiger partial charge < -0.3 is 0 Å². The van der Waals surface area contributed by atoms with Crippen LogP contribution in [0.5, 0.6) is 0 Å². The van der Waals surface area contributed by atoms with E-state index in [1.54, 1.807) is 0 Å². The van der Waals surface area contributed by atoms with Gasteiger partial charge in [0.15, 0.2) is 0 Å². The molecule has 6 aromatic rings. The lowest BCUT2D eigenvalue weighted by molar-refractivity contribution is 1.21. The molecule has 0 aliphatic heterocycles. The lowest BCUT2D eigenvalue weighted by atomic mass is 10.0. The summed E-state index contributed by atoms with van der Waals surface area (Å²) < 4.78 is 5.56. The molecule has 28 heavy (non-hydrogen) atoms. The van der Waals surface area contributed by atoms with E-state index in [0.29, 0.717) is 0 Å². The Morgan fingerprint density at radius 1 is 0.571 bits per heavy atom. The molecule has 0 nitrogen and oxygen atoms in total. The van der Waals surface area contributed by atoms with Crippen molar-refractivity contribution in [1.29, 1.82) is 0 Å². The number of hydrogen-bond acceptors (Lipinski definition) is 2. The standard InChI is InChI=1S/C26H18S2/c1-16-5-4-7-21-22-14-17(10-12-24(22)28-26(16)21)13-18-9-11-20-19-6-2-3-8-23(19)27-25(20)15-18/h2-12,14-15H,13H2,1H3. The van der Waals surface area contributed by atoms with E-state index in [1.807, 2.05) is 22.7 Å². The molecule has 0 unspecified atom stereocenters. The second-order valence-electron chi connectivity index (χ2n) is 7.49. The molecule has 4 aromatic carbocycles. The first-order valence-corrected chi connectivity index (χ1v) is 11.2. The highest BCUT2D eigenvalue weighted by Gasteiger charge is 2.09. The Kier molecular flexibility index (Phi) is 3.59. The number of fused-ring (bicyclic) bond motifs is 6. The van der Waals surface area contributed by atoms with E-state index < -0.39 is 0 Å². The SMILES string of the molecule is Cc1cccc2c1sc1ccc(Cc3ccc4c(c3)sc3ccccc34)cc12. The van der Waals surface area contributed by atoms with Crippen molar-refractivity contribution in [3.63, 3.8) is 0 Å². The Bertz CT molecular complexity index is 1500. The van der Waals surface area contributed by atoms with Gasteiger partial charge in [0, 0.05) is 40.3 Å². The van der Waals surface area contributed by atoms with E-state index in [1.165, 1.54) is 57.0 Å². The number of thiophene rings is 2. The summed E-state index contributed by atoms with van der Waals surface area (Å²) in [4.78, 5) is 0. The first kappa shape index (κ1) is 16.3. The summed E-state index contributed by atoms with van der Waals surface area (Å²) >= 11 is 3.80. The average molecular weight is 395 g/mol. The third-order valence-corrected chi connectivity index (χ3v) is 8.06. The normalized spacial score (nSPS) is 11.9. The minimum atomic E-state index is 0.975. The van der Waals surface area contributed by atoms with Gasteiger partial charge in [0.1, 0.15) is 0 Å². The molecule has 2 heteroatoms. The first-order valence-electron chi connectivity index (χ1n) is 9.57. The molecule has 0 fully saturated rings. The van der Waals surface area contributed by atoms with E-state index in [0.717, 1.165) is 6.42 Å². The Morgan fingerprint density at radius 2 is 1.32 bits per heavy atom. The van der Waals surface area contributed by atoms with Crippen LogP contribution < -0.4 is 0 Å². The molecule has 0 amide bonds. The van der Waals surface area contributed by atoms with Gasteiger partial charge in [-0.1, -0.05) is 54.6 Å². The average Bonchev–Trinajstić information content (AvgIpc) is 3.26. The summed E-state index contributed by atoms with van der Waals surface area (Å²) in [6.45, 7) is 2.21. The van der Waals surface area contributed by atoms with Crippen molar-refractivity contribution in [3.05, 3.63) is 95.6 Å². The fourth-order valence-electron chi connectivity index (χ4n) is 4.21. The largest absolute Gasteiger partial charge is 0.135 e. The summed E-state index contributed by atoms with van der Waals surface area (Å²) in [5.74, 6) is 0. The highest BCUT2D eigenvalue weighted by molar-refractivity contribution is 7.26. The maximum absolute atomic E-state index is 2.39. The number of aryl methyl sites for hydroxylation is 1. The van der Waals surface area contributed by atoms with Crippen LogP contribution in [0.25, 0.3) is 40.3 Å². The zero-order chi connectivity index (χ0) is 18.7. The molecule has 0 N–H and O–H groups in total. The topological polar surface area (TPSA) is 0 Å². The maximum atomic E-state index is 2.39. The van der Waals surface area contributed by atoms with Crippen LogP contribution in [0.4, 0.5) is 0 Å². The van der Waals surface area contributed by atoms with Crippen LogP contribution in [0, 0.1) is 6.92 Å². The molecule has 0 saturated heterocycles. The van der Waals surface area contributed by atoms with E-state index in [-0.39, 0.29) is 0 Å². The number of benzene rings is 4. The molecule has 0 bridgehead atoms. The van der Waals surface area contributed by atoms with Crippen LogP contribution >= 0.6 is 22.7 Å². The Hall–Kier alpha value is -2.68. The van der Waals surface area contributed by atoms with Crippen LogP contribution in [-0.2, 0) is 6.42 Å². The monoisotopic (exact) mass is 394 g/mol. The predicted molar refractivity (Wildman–Crippen MR) is 126 cm³/mol. The van der Waals surface area contributed by atoms with Crippen molar-refractivity contribution in [2.24, 2.45) is 0 Å². The van der Waals surface area contributed by atoms with E-state index in [9.17, 15) is 0 Å². The molecule has 0 saturated carbocycles. The fourth-order valence-corrected chi connectivity index (χ4v) is 6.53. The molecular weight excluding hydrogens is 376 g/mol. The van der Waals surface area contributed by atoms with Crippen molar-refractivity contribution in [1.82, 2.24) is 0 Å². The van der Waals surface area contributed by atoms with Crippen LogP contribution in [0.15, 0.2) is 78.9 Å². The van der Waals surface area contributed by atoms with Gasteiger partial charge in [0.05, 0.1) is 0 Å². The summed E-state index contributed by atoms with van der Waals surface area (Å²) in [6, 6.07) is 29.3. The van der Waals surface area contributed by atoms with Gasteiger partial charge in [-0.25, -0.2) is 0 Å². The zero-order valence-electron chi connectivity index (χ0n) is 15.5. The van der Waals surface area contributed by atoms with Gasteiger partial charge in [-0.3, -0.25) is 0 Å². The van der Waals surface area contributed by atoms with Crippen molar-refractivity contribution in [2.45, 2.75) is 13.3 Å². The van der Waals surface area contributed by atoms with Gasteiger partial charge in [0.25, 0.3) is 0 Å². The number of hydrogen-bond donors (Lipinski definition) is 0. The van der Waals surface area contributed by atoms with Gasteiger partial charge >= 0.3 is 0 Å². The molecule has 2 heterocycles. The summed E-state index contributed by atoms with van der Waals surface area (Å²) in [5.41, 5.74) is 4.14. The quantitative estimate of drug-likeness (QED) is 0.277. The highest BCUT2D eigenvalue weighted by Crippen LogP contribution is 2.37. The lowest BCUT2D eigenvalue weighted by Gasteiger charge is -2.04. The second-order valence-corrected chi connectivity index (χ2v) is 9.63. The number of rotatable bonds is 2. The van der Waals surface area contributed by atoms with E-state index >= 15 is 0 Å². The molecule has 134 valence electrons. The Balaban J connectivity index is 1.44. The zero-order valence-corrected chi connectivity index (χ0v) is 17.2. The molecule has 6 rings (SSSR count). The molecule has 0 aliphatic rings. The predicted octanol–water partition coefficient (Wildman–Crippen LogP) is 8.32. The van der Waals surface area contributed by atoms with Crippen LogP contribution in [0.3, 0.4) is 0 Å². The third kappa shape index (κ3) is 2.49. The minimum absolute atomic E-state index is 0.975. The second kappa shape index (κ2) is 6.16. The minimum Gasteiger partial charge on any atom is -0.135 e. The summed E-state index contributed by atoms with van der Waals surface area (Å²) in [7, 11) is 0. The molecule has 0 aliphatic carbocycles. The molecular formula is C26H18S2. The van der Waals surface area contributed by atoms with Crippen LogP contribution in [0.2, 0.25) is 0 Å². The molecule has 0 spiro atoms. The van der Waals surface area contributed by atoms with Crippen molar-refractivity contribution < 1.29 is 0 Å². The molecule has 0 radical (unpaired) electrons. The Morgan fingerprint density at radius 3 is 2.29 bits per heavy atom. The van der Waals surface area contributed by atoms with Crippen molar-refractivity contribution >= 4 is 63.0 Å². The summed E-state index contributed by atoms with van der Waals surface area (Å²) in [5, 5.41) is 5.53. The molecule has 2 aromatic heterocycles. The third-order valence-electron chi connectivity index (χ3n) is 5.61. The van der Waals surface area contributed by atoms with Crippen LogP contribution in [0.1, 0.15) is 16.7 Å². The lowest BCUT2D eigenvalue weighted by Crippen LogP contribution is -1.87. The van der Waals surface area contributed by atoms with Crippen LogP contribution in [-0.4, -0.2) is 0 Å². The first-order chi connectivity index (χ1) is 13.8. The van der Waals surface area contributed by atoms with Gasteiger partial charge in [-0.05, 0) is 54.3 Å². The van der Waals surface area contributed by atoms with Gasteiger partial charge in [-0.2, -0.15) is 0 Å². The highest BCUT2D eigenvalue weighted by atomic mass is 32.1. The van der Waals surface area contributed by atoms with Crippen molar-refractivity contribution in [3.8, 4) is 0 Å². The van der Waals surface area contributed by atoms with Crippen molar-refractivity contribution in [2.75, 3.05) is 0 Å². The summed E-state index contributed by atoms with van der Waals surface area (Å²) in [6.07, 6.45) is 0.975. The smallest absolute Gasteiger partial charge is 0.0384 e. The maximum Gasteiger partial charge on any atom is 0.0384 e. The van der Waals surface area contributed by atoms with Gasteiger partial charge in [-0.15, -0.1) is 22.7 Å².